The van der Waals surface area contributed by atoms with Gasteiger partial charge in [0, 0.05) is 37.1 Å². The van der Waals surface area contributed by atoms with Crippen molar-refractivity contribution in [3.05, 3.63) is 70.3 Å². The summed E-state index contributed by atoms with van der Waals surface area (Å²) in [6.07, 6.45) is -10.5. The lowest BCUT2D eigenvalue weighted by Gasteiger charge is -2.27. The number of hydrogen-bond donors (Lipinski definition) is 1. The van der Waals surface area contributed by atoms with Crippen LogP contribution in [0.2, 0.25) is 0 Å². The van der Waals surface area contributed by atoms with Crippen LogP contribution in [-0.4, -0.2) is 18.1 Å². The molecule has 3 aromatic rings. The zero-order valence-corrected chi connectivity index (χ0v) is 21.1. The van der Waals surface area contributed by atoms with Crippen LogP contribution in [0.3, 0.4) is 0 Å². The Bertz CT molecular complexity index is 1320. The van der Waals surface area contributed by atoms with Crippen molar-refractivity contribution in [3.8, 4) is 0 Å². The van der Waals surface area contributed by atoms with Crippen molar-refractivity contribution in [2.75, 3.05) is 18.0 Å². The fourth-order valence-electron chi connectivity index (χ4n) is 4.80. The van der Waals surface area contributed by atoms with E-state index in [1.165, 1.54) is 12.1 Å². The molecule has 0 atom stereocenters. The van der Waals surface area contributed by atoms with Crippen molar-refractivity contribution in [2.24, 2.45) is 11.8 Å². The van der Waals surface area contributed by atoms with E-state index in [0.29, 0.717) is 48.4 Å². The van der Waals surface area contributed by atoms with Crippen molar-refractivity contribution in [1.29, 1.82) is 0 Å². The molecular weight excluding hydrogens is 549 g/mol. The zero-order chi connectivity index (χ0) is 28.9. The molecule has 2 aliphatic carbocycles. The molecule has 0 radical (unpaired) electrons. The molecule has 1 heterocycles. The molecule has 1 N–H and O–H groups in total. The van der Waals surface area contributed by atoms with Gasteiger partial charge in [-0.2, -0.15) is 39.5 Å². The maximum Gasteiger partial charge on any atom is 0.418 e. The van der Waals surface area contributed by atoms with Gasteiger partial charge in [-0.15, -0.1) is 0 Å². The van der Waals surface area contributed by atoms with Crippen LogP contribution in [0.4, 0.5) is 45.3 Å². The van der Waals surface area contributed by atoms with Crippen LogP contribution in [0.1, 0.15) is 53.5 Å². The lowest BCUT2D eigenvalue weighted by molar-refractivity contribution is -0.143. The summed E-state index contributed by atoms with van der Waals surface area (Å²) in [6.45, 7) is 0.911. The average Bonchev–Trinajstić information content (AvgIpc) is 3.78. The monoisotopic (exact) mass is 575 g/mol. The third-order valence-electron chi connectivity index (χ3n) is 7.15. The normalized spacial score (nSPS) is 16.5. The number of benzene rings is 2. The van der Waals surface area contributed by atoms with Crippen molar-refractivity contribution in [1.82, 2.24) is 10.3 Å². The van der Waals surface area contributed by atoms with Gasteiger partial charge in [-0.3, -0.25) is 0 Å². The molecule has 0 unspecified atom stereocenters. The Kier molecular flexibility index (Phi) is 7.43. The van der Waals surface area contributed by atoms with E-state index >= 15 is 0 Å². The standard InChI is InChI=1S/C28H26F9N3/c29-26(30,31)21-8-18(9-22(11-21)27(32,33)34)12-38-13-20-10-19-2-1-3-23(28(35,36)37)24(19)39-25(20)40(14-16-4-5-16)15-17-6-7-17/h1-3,8-11,16-17,38H,4-7,12-15H2. The van der Waals surface area contributed by atoms with Crippen molar-refractivity contribution >= 4 is 16.7 Å². The Morgan fingerprint density at radius 3 is 1.80 bits per heavy atom. The van der Waals surface area contributed by atoms with Gasteiger partial charge in [0.05, 0.1) is 22.2 Å². The fourth-order valence-corrected chi connectivity index (χ4v) is 4.80. The molecule has 3 nitrogen and oxygen atoms in total. The smallest absolute Gasteiger partial charge is 0.356 e. The average molecular weight is 576 g/mol. The summed E-state index contributed by atoms with van der Waals surface area (Å²) < 4.78 is 121. The predicted octanol–water partition coefficient (Wildman–Crippen LogP) is 8.21. The number of hydrogen-bond acceptors (Lipinski definition) is 3. The topological polar surface area (TPSA) is 28.2 Å². The van der Waals surface area contributed by atoms with E-state index in [-0.39, 0.29) is 35.6 Å². The van der Waals surface area contributed by atoms with E-state index in [1.807, 2.05) is 4.90 Å². The van der Waals surface area contributed by atoms with Crippen LogP contribution >= 0.6 is 0 Å². The molecule has 0 amide bonds. The number of nitrogens with zero attached hydrogens (tertiary/aromatic N) is 2. The van der Waals surface area contributed by atoms with Crippen LogP contribution < -0.4 is 10.2 Å². The molecule has 12 heteroatoms. The Labute approximate surface area is 224 Å². The van der Waals surface area contributed by atoms with Gasteiger partial charge in [-0.1, -0.05) is 12.1 Å². The molecule has 0 spiro atoms. The summed E-state index contributed by atoms with van der Waals surface area (Å²) in [4.78, 5) is 6.48. The number of aromatic nitrogens is 1. The number of rotatable bonds is 9. The first kappa shape index (κ1) is 28.5. The maximum absolute atomic E-state index is 13.8. The second kappa shape index (κ2) is 10.4. The minimum atomic E-state index is -4.96. The second-order valence-electron chi connectivity index (χ2n) is 10.7. The Balaban J connectivity index is 1.48. The Hall–Kier alpha value is -3.02. The minimum Gasteiger partial charge on any atom is -0.356 e. The molecule has 40 heavy (non-hydrogen) atoms. The van der Waals surface area contributed by atoms with Crippen molar-refractivity contribution in [2.45, 2.75) is 57.3 Å². The number of para-hydroxylation sites is 1. The third-order valence-corrected chi connectivity index (χ3v) is 7.15. The molecule has 2 saturated carbocycles. The van der Waals surface area contributed by atoms with E-state index < -0.39 is 35.2 Å². The van der Waals surface area contributed by atoms with Gasteiger partial charge in [-0.25, -0.2) is 4.98 Å². The molecule has 0 saturated heterocycles. The minimum absolute atomic E-state index is 0.0159. The van der Waals surface area contributed by atoms with E-state index in [9.17, 15) is 39.5 Å². The molecular formula is C28H26F9N3. The summed E-state index contributed by atoms with van der Waals surface area (Å²) >= 11 is 0. The lowest BCUT2D eigenvalue weighted by atomic mass is 10.0. The number of anilines is 1. The lowest BCUT2D eigenvalue weighted by Crippen LogP contribution is -2.31. The summed E-state index contributed by atoms with van der Waals surface area (Å²) in [7, 11) is 0. The first-order valence-corrected chi connectivity index (χ1v) is 12.9. The summed E-state index contributed by atoms with van der Waals surface area (Å²) in [6, 6.07) is 6.69. The molecule has 2 aliphatic rings. The SMILES string of the molecule is FC(F)(F)c1cc(CNCc2cc3cccc(C(F)(F)F)c3nc2N(CC2CC2)CC2CC2)cc(C(F)(F)F)c1. The molecule has 0 aliphatic heterocycles. The summed E-state index contributed by atoms with van der Waals surface area (Å²) in [5.74, 6) is 1.16. The third kappa shape index (κ3) is 6.82. The predicted molar refractivity (Wildman–Crippen MR) is 131 cm³/mol. The number of nitrogens with one attached hydrogen (secondary N) is 1. The van der Waals surface area contributed by atoms with Crippen molar-refractivity contribution < 1.29 is 39.5 Å². The highest BCUT2D eigenvalue weighted by atomic mass is 19.4. The molecule has 1 aromatic heterocycles. The van der Waals surface area contributed by atoms with Gasteiger partial charge in [0.25, 0.3) is 0 Å². The fraction of sp³-hybridized carbons (Fsp3) is 0.464. The highest BCUT2D eigenvalue weighted by Crippen LogP contribution is 2.40. The van der Waals surface area contributed by atoms with Crippen LogP contribution in [0.25, 0.3) is 10.9 Å². The number of alkyl halides is 9. The molecule has 2 aromatic carbocycles. The van der Waals surface area contributed by atoms with E-state index in [1.54, 1.807) is 6.07 Å². The summed E-state index contributed by atoms with van der Waals surface area (Å²) in [5.41, 5.74) is -3.58. The van der Waals surface area contributed by atoms with Gasteiger partial charge in [0.2, 0.25) is 0 Å². The second-order valence-corrected chi connectivity index (χ2v) is 10.7. The first-order valence-electron chi connectivity index (χ1n) is 12.9. The summed E-state index contributed by atoms with van der Waals surface area (Å²) in [5, 5.41) is 3.14. The number of halogens is 9. The number of pyridine rings is 1. The zero-order valence-electron chi connectivity index (χ0n) is 21.1. The van der Waals surface area contributed by atoms with Crippen LogP contribution in [0.15, 0.2) is 42.5 Å². The molecule has 5 rings (SSSR count). The first-order chi connectivity index (χ1) is 18.7. The van der Waals surface area contributed by atoms with Crippen LogP contribution in [-0.2, 0) is 31.6 Å². The largest absolute Gasteiger partial charge is 0.418 e. The Morgan fingerprint density at radius 1 is 0.725 bits per heavy atom. The van der Waals surface area contributed by atoms with Gasteiger partial charge >= 0.3 is 18.5 Å². The van der Waals surface area contributed by atoms with Crippen LogP contribution in [0.5, 0.6) is 0 Å². The van der Waals surface area contributed by atoms with E-state index in [2.05, 4.69) is 10.3 Å². The van der Waals surface area contributed by atoms with E-state index in [0.717, 1.165) is 31.7 Å². The Morgan fingerprint density at radius 2 is 1.30 bits per heavy atom. The molecule has 216 valence electrons. The van der Waals surface area contributed by atoms with Gasteiger partial charge in [0.1, 0.15) is 5.82 Å². The molecule has 0 bridgehead atoms. The van der Waals surface area contributed by atoms with Gasteiger partial charge in [0.15, 0.2) is 0 Å². The van der Waals surface area contributed by atoms with E-state index in [4.69, 9.17) is 0 Å². The number of fused-ring (bicyclic) bond motifs is 1. The van der Waals surface area contributed by atoms with Crippen LogP contribution in [0, 0.1) is 11.8 Å². The quantitative estimate of drug-likeness (QED) is 0.261. The van der Waals surface area contributed by atoms with Crippen molar-refractivity contribution in [3.63, 3.8) is 0 Å². The molecule has 2 fully saturated rings. The maximum atomic E-state index is 13.8. The van der Waals surface area contributed by atoms with Gasteiger partial charge in [-0.05, 0) is 73.4 Å². The highest BCUT2D eigenvalue weighted by molar-refractivity contribution is 5.85. The highest BCUT2D eigenvalue weighted by Gasteiger charge is 2.37. The van der Waals surface area contributed by atoms with Gasteiger partial charge < -0.3 is 10.2 Å².